The Labute approximate surface area is 107 Å². The Hall–Kier alpha value is -1.52. The van der Waals surface area contributed by atoms with Crippen LogP contribution in [-0.2, 0) is 9.57 Å². The maximum atomic E-state index is 11.6. The summed E-state index contributed by atoms with van der Waals surface area (Å²) in [6.07, 6.45) is -3.16. The van der Waals surface area contributed by atoms with Crippen LogP contribution in [0.1, 0.15) is 6.23 Å². The number of aromatic amines is 1. The Morgan fingerprint density at radius 2 is 2.21 bits per heavy atom. The van der Waals surface area contributed by atoms with Crippen LogP contribution in [-0.4, -0.2) is 51.7 Å². The molecule has 0 spiro atoms. The molecule has 0 unspecified atom stereocenters. The molecule has 0 aromatic carbocycles. The number of hydrogen-bond donors (Lipinski definition) is 4. The maximum absolute atomic E-state index is 11.6. The first kappa shape index (κ1) is 13.9. The average molecular weight is 273 g/mol. The van der Waals surface area contributed by atoms with Crippen LogP contribution in [0.2, 0.25) is 0 Å². The molecule has 1 fully saturated rings. The van der Waals surface area contributed by atoms with Gasteiger partial charge in [-0.2, -0.15) is 0 Å². The number of rotatable bonds is 4. The molecular weight excluding hydrogens is 258 g/mol. The summed E-state index contributed by atoms with van der Waals surface area (Å²) in [5.74, 6) is 0. The minimum atomic E-state index is -1.30. The molecule has 1 aromatic rings. The van der Waals surface area contributed by atoms with Gasteiger partial charge in [-0.05, 0) is 0 Å². The fourth-order valence-electron chi connectivity index (χ4n) is 1.89. The number of nitrogens with one attached hydrogen (secondary N) is 2. The molecule has 0 bridgehead atoms. The van der Waals surface area contributed by atoms with Crippen LogP contribution < -0.4 is 16.7 Å². The Morgan fingerprint density at radius 1 is 1.47 bits per heavy atom. The van der Waals surface area contributed by atoms with E-state index in [2.05, 4.69) is 5.48 Å². The van der Waals surface area contributed by atoms with Crippen molar-refractivity contribution in [2.24, 2.45) is 0 Å². The van der Waals surface area contributed by atoms with Crippen molar-refractivity contribution in [1.29, 1.82) is 0 Å². The third-order valence-electron chi connectivity index (χ3n) is 2.85. The van der Waals surface area contributed by atoms with Gasteiger partial charge in [-0.15, -0.1) is 0 Å². The molecular formula is C10H15N3O6. The van der Waals surface area contributed by atoms with Crippen molar-refractivity contribution in [1.82, 2.24) is 15.0 Å². The molecule has 2 rings (SSSR count). The van der Waals surface area contributed by atoms with Gasteiger partial charge in [0.1, 0.15) is 18.3 Å². The van der Waals surface area contributed by atoms with Crippen LogP contribution in [0.4, 0.5) is 0 Å². The van der Waals surface area contributed by atoms with Crippen LogP contribution in [0, 0.1) is 0 Å². The summed E-state index contributed by atoms with van der Waals surface area (Å²) in [6.45, 7) is 0.00330. The third-order valence-corrected chi connectivity index (χ3v) is 2.85. The topological polar surface area (TPSA) is 126 Å². The third kappa shape index (κ3) is 2.74. The van der Waals surface area contributed by atoms with E-state index in [1.807, 2.05) is 4.98 Å². The lowest BCUT2D eigenvalue weighted by atomic mass is 10.1. The minimum Gasteiger partial charge on any atom is -0.387 e. The molecule has 9 heteroatoms. The van der Waals surface area contributed by atoms with Crippen molar-refractivity contribution >= 4 is 0 Å². The number of ether oxygens (including phenoxy) is 1. The lowest BCUT2D eigenvalue weighted by Crippen LogP contribution is -2.37. The molecule has 0 radical (unpaired) electrons. The zero-order valence-electron chi connectivity index (χ0n) is 10.1. The highest BCUT2D eigenvalue weighted by Crippen LogP contribution is 2.28. The summed E-state index contributed by atoms with van der Waals surface area (Å²) < 4.78 is 6.38. The summed E-state index contributed by atoms with van der Waals surface area (Å²) in [4.78, 5) is 29.5. The number of hydroxylamine groups is 1. The van der Waals surface area contributed by atoms with E-state index in [1.54, 1.807) is 7.05 Å². The Bertz CT molecular complexity index is 541. The van der Waals surface area contributed by atoms with E-state index in [1.165, 1.54) is 6.20 Å². The van der Waals surface area contributed by atoms with Crippen molar-refractivity contribution in [3.63, 3.8) is 0 Å². The van der Waals surface area contributed by atoms with Gasteiger partial charge < -0.3 is 14.9 Å². The summed E-state index contributed by atoms with van der Waals surface area (Å²) in [5.41, 5.74) is 1.14. The van der Waals surface area contributed by atoms with Gasteiger partial charge >= 0.3 is 5.69 Å². The van der Waals surface area contributed by atoms with Gasteiger partial charge in [-0.3, -0.25) is 19.2 Å². The number of aliphatic hydroxyl groups excluding tert-OH is 2. The predicted molar refractivity (Wildman–Crippen MR) is 62.3 cm³/mol. The molecule has 4 atom stereocenters. The predicted octanol–water partition coefficient (Wildman–Crippen LogP) is -2.69. The molecule has 1 aliphatic rings. The van der Waals surface area contributed by atoms with E-state index in [0.29, 0.717) is 0 Å². The largest absolute Gasteiger partial charge is 0.387 e. The molecule has 9 nitrogen and oxygen atoms in total. The quantitative estimate of drug-likeness (QED) is 0.440. The minimum absolute atomic E-state index is 0.00330. The normalized spacial score (nSPS) is 30.7. The first-order valence-electron chi connectivity index (χ1n) is 5.66. The highest BCUT2D eigenvalue weighted by Gasteiger charge is 2.44. The first-order chi connectivity index (χ1) is 9.04. The molecule has 1 aliphatic heterocycles. The van der Waals surface area contributed by atoms with Crippen molar-refractivity contribution in [2.75, 3.05) is 13.7 Å². The van der Waals surface area contributed by atoms with Gasteiger partial charge in [0.2, 0.25) is 0 Å². The van der Waals surface area contributed by atoms with E-state index in [0.717, 1.165) is 10.6 Å². The molecule has 2 heterocycles. The summed E-state index contributed by atoms with van der Waals surface area (Å²) in [6, 6.07) is 1.13. The van der Waals surface area contributed by atoms with Crippen LogP contribution in [0.15, 0.2) is 21.9 Å². The van der Waals surface area contributed by atoms with Gasteiger partial charge in [-0.25, -0.2) is 10.3 Å². The fourth-order valence-corrected chi connectivity index (χ4v) is 1.89. The highest BCUT2D eigenvalue weighted by molar-refractivity contribution is 4.93. The van der Waals surface area contributed by atoms with Crippen molar-refractivity contribution in [3.05, 3.63) is 33.1 Å². The zero-order valence-corrected chi connectivity index (χ0v) is 10.1. The summed E-state index contributed by atoms with van der Waals surface area (Å²) >= 11 is 0. The smallest absolute Gasteiger partial charge is 0.330 e. The summed E-state index contributed by atoms with van der Waals surface area (Å²) in [7, 11) is 1.54. The van der Waals surface area contributed by atoms with Gasteiger partial charge in [0.25, 0.3) is 5.56 Å². The number of hydrogen-bond acceptors (Lipinski definition) is 7. The molecule has 0 saturated carbocycles. The SMILES string of the molecule is CNOC[C@H]1O[C@@H](n2ccc(=O)[nH]c2=O)[C@H](O)[C@@H]1O. The van der Waals surface area contributed by atoms with E-state index >= 15 is 0 Å². The van der Waals surface area contributed by atoms with Crippen molar-refractivity contribution in [2.45, 2.75) is 24.5 Å². The highest BCUT2D eigenvalue weighted by atomic mass is 16.7. The monoisotopic (exact) mass is 273 g/mol. The van der Waals surface area contributed by atoms with Crippen LogP contribution in [0.25, 0.3) is 0 Å². The molecule has 19 heavy (non-hydrogen) atoms. The lowest BCUT2D eigenvalue weighted by molar-refractivity contribution is -0.0840. The fraction of sp³-hybridized carbons (Fsp3) is 0.600. The average Bonchev–Trinajstić information content (AvgIpc) is 2.64. The Morgan fingerprint density at radius 3 is 2.84 bits per heavy atom. The molecule has 4 N–H and O–H groups in total. The van der Waals surface area contributed by atoms with E-state index in [-0.39, 0.29) is 6.61 Å². The van der Waals surface area contributed by atoms with Crippen molar-refractivity contribution < 1.29 is 19.8 Å². The number of nitrogens with zero attached hydrogens (tertiary/aromatic N) is 1. The maximum Gasteiger partial charge on any atom is 0.330 e. The lowest BCUT2D eigenvalue weighted by Gasteiger charge is -2.16. The van der Waals surface area contributed by atoms with Gasteiger partial charge in [0.15, 0.2) is 6.23 Å². The molecule has 0 aliphatic carbocycles. The zero-order chi connectivity index (χ0) is 14.0. The molecule has 106 valence electrons. The first-order valence-corrected chi connectivity index (χ1v) is 5.66. The standard InChI is InChI=1S/C10H15N3O6/c1-11-18-4-5-7(15)8(16)9(19-5)13-3-2-6(14)12-10(13)17/h2-3,5,7-9,11,15-16H,4H2,1H3,(H,12,14,17)/t5-,7-,8-,9-/m1/s1. The second kappa shape index (κ2) is 5.63. The Kier molecular flexibility index (Phi) is 4.12. The van der Waals surface area contributed by atoms with Gasteiger partial charge in [0, 0.05) is 19.3 Å². The second-order valence-corrected chi connectivity index (χ2v) is 4.08. The van der Waals surface area contributed by atoms with E-state index in [9.17, 15) is 19.8 Å². The van der Waals surface area contributed by atoms with Crippen LogP contribution in [0.3, 0.4) is 0 Å². The number of aromatic nitrogens is 2. The van der Waals surface area contributed by atoms with E-state index < -0.39 is 35.8 Å². The molecule has 1 aromatic heterocycles. The van der Waals surface area contributed by atoms with Gasteiger partial charge in [0.05, 0.1) is 6.61 Å². The summed E-state index contributed by atoms with van der Waals surface area (Å²) in [5, 5.41) is 19.7. The van der Waals surface area contributed by atoms with Crippen LogP contribution in [0.5, 0.6) is 0 Å². The second-order valence-electron chi connectivity index (χ2n) is 4.08. The number of aliphatic hydroxyl groups is 2. The molecule has 0 amide bonds. The van der Waals surface area contributed by atoms with Crippen molar-refractivity contribution in [3.8, 4) is 0 Å². The van der Waals surface area contributed by atoms with Gasteiger partial charge in [-0.1, -0.05) is 0 Å². The Balaban J connectivity index is 2.21. The molecule has 1 saturated heterocycles. The van der Waals surface area contributed by atoms with Crippen LogP contribution >= 0.6 is 0 Å². The van der Waals surface area contributed by atoms with E-state index in [4.69, 9.17) is 9.57 Å². The number of H-pyrrole nitrogens is 1.